The first kappa shape index (κ1) is 4.77. The zero-order valence-corrected chi connectivity index (χ0v) is 5.15. The fourth-order valence-corrected chi connectivity index (χ4v) is 1.62. The molecular weight excluding hydrogens is 100 g/mol. The molecule has 3 heterocycles. The van der Waals surface area contributed by atoms with Crippen LogP contribution in [0.2, 0.25) is 0 Å². The predicted molar refractivity (Wildman–Crippen MR) is 32.7 cm³/mol. The van der Waals surface area contributed by atoms with E-state index in [4.69, 9.17) is 0 Å². The van der Waals surface area contributed by atoms with Crippen LogP contribution in [0.3, 0.4) is 0 Å². The molecule has 0 aromatic carbocycles. The average Bonchev–Trinajstić information content (AvgIpc) is 1.89. The van der Waals surface area contributed by atoms with Gasteiger partial charge in [0.25, 0.3) is 0 Å². The minimum atomic E-state index is 0.786. The van der Waals surface area contributed by atoms with E-state index in [0.717, 1.165) is 18.0 Å². The lowest BCUT2D eigenvalue weighted by molar-refractivity contribution is 0.113. The average molecular weight is 112 g/mol. The van der Waals surface area contributed by atoms with Crippen molar-refractivity contribution in [2.45, 2.75) is 19.0 Å². The molecule has 0 spiro atoms. The Morgan fingerprint density at radius 1 is 1.25 bits per heavy atom. The lowest BCUT2D eigenvalue weighted by atomic mass is 9.81. The van der Waals surface area contributed by atoms with Crippen LogP contribution in [-0.4, -0.2) is 25.2 Å². The van der Waals surface area contributed by atoms with E-state index in [1.54, 1.807) is 0 Å². The van der Waals surface area contributed by atoms with E-state index in [2.05, 4.69) is 17.6 Å². The normalized spacial score (nSPS) is 52.9. The molecule has 46 valence electrons. The van der Waals surface area contributed by atoms with Crippen LogP contribution in [0.4, 0.5) is 0 Å². The number of hydrogen-bond acceptors (Lipinski definition) is 2. The van der Waals surface area contributed by atoms with Crippen molar-refractivity contribution >= 4 is 0 Å². The maximum Gasteiger partial charge on any atom is 0.0236 e. The smallest absolute Gasteiger partial charge is 0.0236 e. The van der Waals surface area contributed by atoms with E-state index in [0.29, 0.717) is 0 Å². The summed E-state index contributed by atoms with van der Waals surface area (Å²) in [6.45, 7) is 4.68. The third kappa shape index (κ3) is 0.446. The highest BCUT2D eigenvalue weighted by Gasteiger charge is 2.39. The number of hydrogen-bond donors (Lipinski definition) is 2. The van der Waals surface area contributed by atoms with Crippen molar-refractivity contribution in [2.75, 3.05) is 13.1 Å². The van der Waals surface area contributed by atoms with Crippen LogP contribution >= 0.6 is 0 Å². The lowest BCUT2D eigenvalue weighted by Crippen LogP contribution is -2.71. The number of fused-ring (bicyclic) bond motifs is 2. The van der Waals surface area contributed by atoms with Gasteiger partial charge in [0.1, 0.15) is 0 Å². The summed E-state index contributed by atoms with van der Waals surface area (Å²) in [5, 5.41) is 6.82. The van der Waals surface area contributed by atoms with Crippen molar-refractivity contribution < 1.29 is 0 Å². The van der Waals surface area contributed by atoms with Gasteiger partial charge in [-0.3, -0.25) is 0 Å². The molecule has 0 aliphatic carbocycles. The number of piperidine rings is 1. The van der Waals surface area contributed by atoms with E-state index in [1.807, 2.05) is 0 Å². The second-order valence-corrected chi connectivity index (χ2v) is 2.90. The van der Waals surface area contributed by atoms with E-state index in [9.17, 15) is 0 Å². The first-order chi connectivity index (χ1) is 3.88. The van der Waals surface area contributed by atoms with Crippen molar-refractivity contribution in [3.05, 3.63) is 0 Å². The minimum Gasteiger partial charge on any atom is -0.314 e. The van der Waals surface area contributed by atoms with Gasteiger partial charge < -0.3 is 10.6 Å². The zero-order chi connectivity index (χ0) is 5.56. The molecule has 3 fully saturated rings. The Hall–Kier alpha value is -0.0800. The number of nitrogens with one attached hydrogen (secondary N) is 2. The molecule has 3 aliphatic rings. The summed E-state index contributed by atoms with van der Waals surface area (Å²) in [4.78, 5) is 0. The Bertz CT molecular complexity index is 88.7. The minimum absolute atomic E-state index is 0.786. The van der Waals surface area contributed by atoms with Crippen molar-refractivity contribution in [3.63, 3.8) is 0 Å². The second kappa shape index (κ2) is 1.45. The molecule has 2 atom stereocenters. The molecule has 0 aromatic heterocycles. The lowest BCUT2D eigenvalue weighted by Gasteiger charge is -2.49. The van der Waals surface area contributed by atoms with Crippen LogP contribution in [0.15, 0.2) is 0 Å². The Morgan fingerprint density at radius 2 is 1.88 bits per heavy atom. The van der Waals surface area contributed by atoms with Crippen LogP contribution in [-0.2, 0) is 0 Å². The second-order valence-electron chi connectivity index (χ2n) is 2.90. The quantitative estimate of drug-likeness (QED) is 0.444. The molecule has 0 aromatic rings. The molecule has 0 radical (unpaired) electrons. The van der Waals surface area contributed by atoms with Gasteiger partial charge in [0.05, 0.1) is 0 Å². The van der Waals surface area contributed by atoms with Crippen molar-refractivity contribution in [1.82, 2.24) is 10.6 Å². The highest BCUT2D eigenvalue weighted by atomic mass is 15.2. The fraction of sp³-hybridized carbons (Fsp3) is 1.00. The van der Waals surface area contributed by atoms with Crippen LogP contribution in [0.25, 0.3) is 0 Å². The largest absolute Gasteiger partial charge is 0.314 e. The van der Waals surface area contributed by atoms with Crippen molar-refractivity contribution in [2.24, 2.45) is 5.92 Å². The zero-order valence-electron chi connectivity index (χ0n) is 5.15. The molecule has 2 bridgehead atoms. The molecule has 0 amide bonds. The summed E-state index contributed by atoms with van der Waals surface area (Å²) in [6.07, 6.45) is 0. The van der Waals surface area contributed by atoms with E-state index < -0.39 is 0 Å². The van der Waals surface area contributed by atoms with Crippen LogP contribution in [0, 0.1) is 5.92 Å². The highest BCUT2D eigenvalue weighted by Crippen LogP contribution is 2.22. The molecule has 2 nitrogen and oxygen atoms in total. The first-order valence-corrected chi connectivity index (χ1v) is 3.34. The van der Waals surface area contributed by atoms with Gasteiger partial charge in [-0.25, -0.2) is 0 Å². The van der Waals surface area contributed by atoms with Gasteiger partial charge in [0, 0.05) is 25.2 Å². The molecule has 2 heteroatoms. The summed E-state index contributed by atoms with van der Waals surface area (Å²) < 4.78 is 0. The number of rotatable bonds is 0. The monoisotopic (exact) mass is 112 g/mol. The van der Waals surface area contributed by atoms with Gasteiger partial charge in [0.2, 0.25) is 0 Å². The third-order valence-electron chi connectivity index (χ3n) is 2.43. The molecule has 2 unspecified atom stereocenters. The van der Waals surface area contributed by atoms with Gasteiger partial charge in [0.15, 0.2) is 0 Å². The Kier molecular flexibility index (Phi) is 0.866. The topological polar surface area (TPSA) is 24.1 Å². The summed E-state index contributed by atoms with van der Waals surface area (Å²) in [5.41, 5.74) is 0. The number of piperazine rings is 1. The Morgan fingerprint density at radius 3 is 2.12 bits per heavy atom. The molecular formula is C6H12N2. The van der Waals surface area contributed by atoms with Gasteiger partial charge in [-0.15, -0.1) is 0 Å². The van der Waals surface area contributed by atoms with Crippen LogP contribution < -0.4 is 10.6 Å². The fourth-order valence-electron chi connectivity index (χ4n) is 1.62. The molecule has 0 saturated carbocycles. The van der Waals surface area contributed by atoms with Gasteiger partial charge >= 0.3 is 0 Å². The maximum absolute atomic E-state index is 3.47. The summed E-state index contributed by atoms with van der Waals surface area (Å²) in [7, 11) is 0. The Labute approximate surface area is 49.7 Å². The maximum atomic E-state index is 3.47. The standard InChI is InChI=1S/C6H12N2/c1-4-5-2-7-3-6(4)8-5/h4-8H,2-3H2,1H3. The van der Waals surface area contributed by atoms with Gasteiger partial charge in [-0.2, -0.15) is 0 Å². The van der Waals surface area contributed by atoms with Crippen molar-refractivity contribution in [1.29, 1.82) is 0 Å². The van der Waals surface area contributed by atoms with Gasteiger partial charge in [-0.05, 0) is 5.92 Å². The van der Waals surface area contributed by atoms with Gasteiger partial charge in [-0.1, -0.05) is 6.92 Å². The van der Waals surface area contributed by atoms with Crippen LogP contribution in [0.1, 0.15) is 6.92 Å². The molecule has 8 heavy (non-hydrogen) atoms. The SMILES string of the molecule is CC1C2CNCC1N2. The van der Waals surface area contributed by atoms with Crippen molar-refractivity contribution in [3.8, 4) is 0 Å². The molecule has 3 rings (SSSR count). The summed E-state index contributed by atoms with van der Waals surface area (Å²) >= 11 is 0. The van der Waals surface area contributed by atoms with E-state index in [-0.39, 0.29) is 0 Å². The summed E-state index contributed by atoms with van der Waals surface area (Å²) in [5.74, 6) is 0.927. The first-order valence-electron chi connectivity index (χ1n) is 3.34. The Balaban J connectivity index is 2.03. The third-order valence-corrected chi connectivity index (χ3v) is 2.43. The highest BCUT2D eigenvalue weighted by molar-refractivity contribution is 5.01. The predicted octanol–water partition coefficient (Wildman–Crippen LogP) is -0.434. The molecule has 3 aliphatic heterocycles. The van der Waals surface area contributed by atoms with Crippen LogP contribution in [0.5, 0.6) is 0 Å². The van der Waals surface area contributed by atoms with E-state index in [1.165, 1.54) is 13.1 Å². The summed E-state index contributed by atoms with van der Waals surface area (Å²) in [6, 6.07) is 1.57. The molecule has 2 N–H and O–H groups in total. The molecule has 3 saturated heterocycles. The van der Waals surface area contributed by atoms with E-state index >= 15 is 0 Å².